The molecule has 0 atom stereocenters. The standard InChI is InChI=1S/C13H14ClN3OS/c14-12-2-1-11(19-12)9-6-16-7-10(9)13(18)17-5-8-3-15-4-8/h1-2,6-8,15-16H,3-5H2,(H,17,18). The summed E-state index contributed by atoms with van der Waals surface area (Å²) in [5.74, 6) is 0.523. The van der Waals surface area contributed by atoms with Crippen molar-refractivity contribution in [2.75, 3.05) is 19.6 Å². The van der Waals surface area contributed by atoms with Gasteiger partial charge >= 0.3 is 0 Å². The van der Waals surface area contributed by atoms with Crippen molar-refractivity contribution in [3.8, 4) is 10.4 Å². The molecule has 3 heterocycles. The fraction of sp³-hybridized carbons (Fsp3) is 0.308. The maximum absolute atomic E-state index is 12.2. The van der Waals surface area contributed by atoms with Gasteiger partial charge in [-0.25, -0.2) is 0 Å². The Morgan fingerprint density at radius 1 is 1.42 bits per heavy atom. The van der Waals surface area contributed by atoms with Gasteiger partial charge in [-0.15, -0.1) is 11.3 Å². The molecular weight excluding hydrogens is 282 g/mol. The summed E-state index contributed by atoms with van der Waals surface area (Å²) in [6.07, 6.45) is 3.57. The topological polar surface area (TPSA) is 56.9 Å². The van der Waals surface area contributed by atoms with Gasteiger partial charge in [0.1, 0.15) is 0 Å². The van der Waals surface area contributed by atoms with E-state index in [-0.39, 0.29) is 5.91 Å². The zero-order chi connectivity index (χ0) is 13.2. The molecule has 19 heavy (non-hydrogen) atoms. The Kier molecular flexibility index (Phi) is 3.59. The van der Waals surface area contributed by atoms with Crippen molar-refractivity contribution in [3.63, 3.8) is 0 Å². The van der Waals surface area contributed by atoms with Crippen molar-refractivity contribution in [1.29, 1.82) is 0 Å². The van der Waals surface area contributed by atoms with Crippen LogP contribution in [0.25, 0.3) is 10.4 Å². The lowest BCUT2D eigenvalue weighted by Gasteiger charge is -2.27. The molecule has 0 spiro atoms. The number of aromatic nitrogens is 1. The zero-order valence-electron chi connectivity index (χ0n) is 10.2. The van der Waals surface area contributed by atoms with Crippen LogP contribution < -0.4 is 10.6 Å². The van der Waals surface area contributed by atoms with Gasteiger partial charge in [0.05, 0.1) is 9.90 Å². The van der Waals surface area contributed by atoms with Crippen LogP contribution >= 0.6 is 22.9 Å². The predicted octanol–water partition coefficient (Wildman–Crippen LogP) is 2.35. The molecule has 6 heteroatoms. The van der Waals surface area contributed by atoms with Crippen LogP contribution in [-0.4, -0.2) is 30.5 Å². The van der Waals surface area contributed by atoms with Gasteiger partial charge in [-0.3, -0.25) is 4.79 Å². The first-order valence-corrected chi connectivity index (χ1v) is 7.35. The number of carbonyl (C=O) groups is 1. The molecule has 0 aromatic carbocycles. The molecule has 1 fully saturated rings. The minimum absolute atomic E-state index is 0.0346. The van der Waals surface area contributed by atoms with Gasteiger partial charge in [-0.1, -0.05) is 11.6 Å². The lowest BCUT2D eigenvalue weighted by molar-refractivity contribution is 0.0943. The smallest absolute Gasteiger partial charge is 0.253 e. The van der Waals surface area contributed by atoms with Crippen LogP contribution in [0.1, 0.15) is 10.4 Å². The second kappa shape index (κ2) is 5.36. The van der Waals surface area contributed by atoms with Crippen LogP contribution in [0.3, 0.4) is 0 Å². The molecule has 100 valence electrons. The summed E-state index contributed by atoms with van der Waals surface area (Å²) < 4.78 is 0.725. The van der Waals surface area contributed by atoms with Gasteiger partial charge in [-0.2, -0.15) is 0 Å². The lowest BCUT2D eigenvalue weighted by atomic mass is 10.0. The molecule has 4 nitrogen and oxygen atoms in total. The molecule has 0 saturated carbocycles. The number of hydrogen-bond acceptors (Lipinski definition) is 3. The number of aromatic amines is 1. The van der Waals surface area contributed by atoms with Crippen molar-refractivity contribution in [1.82, 2.24) is 15.6 Å². The third kappa shape index (κ3) is 2.68. The normalized spacial score (nSPS) is 15.2. The van der Waals surface area contributed by atoms with E-state index < -0.39 is 0 Å². The monoisotopic (exact) mass is 295 g/mol. The maximum atomic E-state index is 12.2. The molecule has 1 aliphatic rings. The van der Waals surface area contributed by atoms with Crippen LogP contribution in [0.4, 0.5) is 0 Å². The van der Waals surface area contributed by atoms with Crippen LogP contribution in [-0.2, 0) is 0 Å². The largest absolute Gasteiger partial charge is 0.366 e. The highest BCUT2D eigenvalue weighted by Gasteiger charge is 2.19. The van der Waals surface area contributed by atoms with Gasteiger partial charge in [0.15, 0.2) is 0 Å². The molecular formula is C13H14ClN3OS. The Hall–Kier alpha value is -1.30. The SMILES string of the molecule is O=C(NCC1CNC1)c1c[nH]cc1-c1ccc(Cl)s1. The summed E-state index contributed by atoms with van der Waals surface area (Å²) in [6.45, 7) is 2.70. The third-order valence-corrected chi connectivity index (χ3v) is 4.51. The summed E-state index contributed by atoms with van der Waals surface area (Å²) in [6, 6.07) is 3.78. The molecule has 0 unspecified atom stereocenters. The molecule has 1 saturated heterocycles. The first-order valence-electron chi connectivity index (χ1n) is 6.15. The molecule has 3 N–H and O–H groups in total. The second-order valence-electron chi connectivity index (χ2n) is 4.62. The highest BCUT2D eigenvalue weighted by Crippen LogP contribution is 2.32. The van der Waals surface area contributed by atoms with Crippen LogP contribution in [0, 0.1) is 5.92 Å². The van der Waals surface area contributed by atoms with Crippen molar-refractivity contribution in [2.24, 2.45) is 5.92 Å². The summed E-state index contributed by atoms with van der Waals surface area (Å²) in [5, 5.41) is 6.17. The first-order chi connectivity index (χ1) is 9.24. The van der Waals surface area contributed by atoms with Gasteiger partial charge in [-0.05, 0) is 12.1 Å². The number of nitrogens with one attached hydrogen (secondary N) is 3. The van der Waals surface area contributed by atoms with Crippen molar-refractivity contribution >= 4 is 28.8 Å². The Balaban J connectivity index is 1.73. The number of hydrogen-bond donors (Lipinski definition) is 3. The van der Waals surface area contributed by atoms with Crippen molar-refractivity contribution < 1.29 is 4.79 Å². The van der Waals surface area contributed by atoms with E-state index in [1.165, 1.54) is 11.3 Å². The van der Waals surface area contributed by atoms with Gasteiger partial charge < -0.3 is 15.6 Å². The first kappa shape index (κ1) is 12.7. The molecule has 0 aliphatic carbocycles. The van der Waals surface area contributed by atoms with Crippen LogP contribution in [0.2, 0.25) is 4.34 Å². The molecule has 1 aliphatic heterocycles. The Bertz CT molecular complexity index is 588. The van der Waals surface area contributed by atoms with E-state index in [1.54, 1.807) is 6.20 Å². The Morgan fingerprint density at radius 3 is 2.89 bits per heavy atom. The fourth-order valence-electron chi connectivity index (χ4n) is 2.04. The number of halogens is 1. The van der Waals surface area contributed by atoms with E-state index in [0.717, 1.165) is 34.4 Å². The average molecular weight is 296 g/mol. The van der Waals surface area contributed by atoms with Crippen molar-refractivity contribution in [2.45, 2.75) is 0 Å². The van der Waals surface area contributed by atoms with E-state index in [4.69, 9.17) is 11.6 Å². The minimum atomic E-state index is -0.0346. The van der Waals surface area contributed by atoms with E-state index in [9.17, 15) is 4.79 Å². The summed E-state index contributed by atoms with van der Waals surface area (Å²) in [7, 11) is 0. The lowest BCUT2D eigenvalue weighted by Crippen LogP contribution is -2.48. The van der Waals surface area contributed by atoms with Gasteiger partial charge in [0, 0.05) is 48.4 Å². The van der Waals surface area contributed by atoms with Gasteiger partial charge in [0.2, 0.25) is 0 Å². The zero-order valence-corrected chi connectivity index (χ0v) is 11.8. The second-order valence-corrected chi connectivity index (χ2v) is 6.34. The maximum Gasteiger partial charge on any atom is 0.253 e. The Labute approximate surface area is 120 Å². The quantitative estimate of drug-likeness (QED) is 0.811. The third-order valence-electron chi connectivity index (χ3n) is 3.25. The fourth-order valence-corrected chi connectivity index (χ4v) is 3.11. The summed E-state index contributed by atoms with van der Waals surface area (Å²) >= 11 is 7.41. The number of thiophene rings is 1. The number of amides is 1. The molecule has 0 bridgehead atoms. The van der Waals surface area contributed by atoms with Crippen LogP contribution in [0.15, 0.2) is 24.5 Å². The molecule has 2 aromatic rings. The van der Waals surface area contributed by atoms with Crippen molar-refractivity contribution in [3.05, 3.63) is 34.4 Å². The molecule has 0 radical (unpaired) electrons. The number of rotatable bonds is 4. The van der Waals surface area contributed by atoms with Gasteiger partial charge in [0.25, 0.3) is 5.91 Å². The molecule has 1 amide bonds. The van der Waals surface area contributed by atoms with E-state index in [2.05, 4.69) is 15.6 Å². The average Bonchev–Trinajstić information content (AvgIpc) is 2.94. The highest BCUT2D eigenvalue weighted by atomic mass is 35.5. The Morgan fingerprint density at radius 2 is 2.26 bits per heavy atom. The minimum Gasteiger partial charge on any atom is -0.366 e. The molecule has 3 rings (SSSR count). The van der Waals surface area contributed by atoms with E-state index in [1.807, 2.05) is 18.3 Å². The number of carbonyl (C=O) groups excluding carboxylic acids is 1. The molecule has 2 aromatic heterocycles. The van der Waals surface area contributed by atoms with E-state index in [0.29, 0.717) is 11.5 Å². The summed E-state index contributed by atoms with van der Waals surface area (Å²) in [4.78, 5) is 16.2. The predicted molar refractivity (Wildman–Crippen MR) is 77.8 cm³/mol. The van der Waals surface area contributed by atoms with E-state index >= 15 is 0 Å². The van der Waals surface area contributed by atoms with Crippen LogP contribution in [0.5, 0.6) is 0 Å². The highest BCUT2D eigenvalue weighted by molar-refractivity contribution is 7.19. The number of H-pyrrole nitrogens is 1. The summed E-state index contributed by atoms with van der Waals surface area (Å²) in [5.41, 5.74) is 1.58.